The molecule has 0 saturated heterocycles. The van der Waals surface area contributed by atoms with Gasteiger partial charge in [-0.15, -0.1) is 0 Å². The Morgan fingerprint density at radius 3 is 0.529 bits per heavy atom. The average Bonchev–Trinajstić information content (AvgIpc) is 3.13. The molecule has 0 heterocycles. The second-order valence-corrected chi connectivity index (χ2v) is 17.1. The van der Waals surface area contributed by atoms with Crippen LogP contribution < -0.4 is 0 Å². The van der Waals surface area contributed by atoms with Crippen molar-refractivity contribution >= 4 is 0 Å². The van der Waals surface area contributed by atoms with Gasteiger partial charge in [-0.25, -0.2) is 0 Å². The van der Waals surface area contributed by atoms with Crippen molar-refractivity contribution in [3.63, 3.8) is 0 Å². The van der Waals surface area contributed by atoms with E-state index in [2.05, 4.69) is 13.8 Å². The van der Waals surface area contributed by atoms with Crippen molar-refractivity contribution in [1.29, 1.82) is 0 Å². The van der Waals surface area contributed by atoms with E-state index in [1.54, 1.807) is 0 Å². The van der Waals surface area contributed by atoms with Crippen LogP contribution in [-0.2, 0) is 0 Å². The summed E-state index contributed by atoms with van der Waals surface area (Å²) < 4.78 is 0.936. The summed E-state index contributed by atoms with van der Waals surface area (Å²) in [4.78, 5) is 0. The summed E-state index contributed by atoms with van der Waals surface area (Å²) in [7, 11) is 0. The molecule has 0 amide bonds. The lowest BCUT2D eigenvalue weighted by atomic mass is 10.0. The number of hydrogen-bond acceptors (Lipinski definition) is 2. The molecule has 2 N–H and O–H groups in total. The summed E-state index contributed by atoms with van der Waals surface area (Å²) >= 11 is 0. The van der Waals surface area contributed by atoms with Crippen LogP contribution in [0.15, 0.2) is 0 Å². The van der Waals surface area contributed by atoms with Crippen molar-refractivity contribution in [2.75, 3.05) is 39.4 Å². The van der Waals surface area contributed by atoms with Gasteiger partial charge in [0.15, 0.2) is 0 Å². The zero-order valence-corrected chi connectivity index (χ0v) is 35.9. The molecule has 0 aromatic carbocycles. The molecule has 0 bridgehead atoms. The van der Waals surface area contributed by atoms with E-state index in [1.807, 2.05) is 0 Å². The first kappa shape index (κ1) is 50.9. The molecule has 0 rings (SSSR count). The number of quaternary nitrogens is 1. The molecule has 3 heteroatoms. The van der Waals surface area contributed by atoms with E-state index >= 15 is 0 Å². The maximum absolute atomic E-state index is 9.86. The van der Waals surface area contributed by atoms with Gasteiger partial charge < -0.3 is 14.7 Å². The fraction of sp³-hybridized carbons (Fsp3) is 1.00. The number of aliphatic hydroxyl groups is 2. The predicted octanol–water partition coefficient (Wildman–Crippen LogP) is 15.4. The number of hydrogen-bond donors (Lipinski definition) is 2. The smallest absolute Gasteiger partial charge is 0.102 e. The van der Waals surface area contributed by atoms with Crippen molar-refractivity contribution in [2.45, 2.75) is 271 Å². The highest BCUT2D eigenvalue weighted by atomic mass is 16.3. The minimum atomic E-state index is 0.248. The summed E-state index contributed by atoms with van der Waals surface area (Å²) in [6.45, 7) is 9.01. The van der Waals surface area contributed by atoms with E-state index in [-0.39, 0.29) is 13.2 Å². The number of aliphatic hydroxyl groups excluding tert-OH is 2. The SMILES string of the molecule is CCCCCCCCCCCCCCCCCCCCCC[N+](CCO)(CCO)CCCCCCCCCCCCCCCCCCCCCC. The Labute approximate surface area is 323 Å². The number of rotatable bonds is 46. The van der Waals surface area contributed by atoms with Gasteiger partial charge in [0.1, 0.15) is 13.1 Å². The average molecular weight is 723 g/mol. The molecule has 0 aliphatic carbocycles. The van der Waals surface area contributed by atoms with Gasteiger partial charge in [0.05, 0.1) is 26.3 Å². The number of unbranched alkanes of at least 4 members (excludes halogenated alkanes) is 38. The Kier molecular flexibility index (Phi) is 44.2. The second kappa shape index (κ2) is 44.3. The summed E-state index contributed by atoms with van der Waals surface area (Å²) in [5.41, 5.74) is 0. The second-order valence-electron chi connectivity index (χ2n) is 17.1. The largest absolute Gasteiger partial charge is 0.391 e. The molecule has 0 fully saturated rings. The standard InChI is InChI=1S/C48H100NO2/c1-3-5-7-9-11-13-15-17-19-21-23-25-27-29-31-33-35-37-39-41-43-49(45-47-50,46-48-51)44-42-40-38-36-34-32-30-28-26-24-22-20-18-16-14-12-10-8-6-4-2/h50-51H,3-48H2,1-2H3/q+1. The van der Waals surface area contributed by atoms with E-state index in [9.17, 15) is 10.2 Å². The molecule has 51 heavy (non-hydrogen) atoms. The Morgan fingerprint density at radius 2 is 0.373 bits per heavy atom. The molecule has 308 valence electrons. The molecule has 0 aliphatic heterocycles. The van der Waals surface area contributed by atoms with E-state index in [1.165, 1.54) is 257 Å². The molecule has 0 unspecified atom stereocenters. The van der Waals surface area contributed by atoms with Crippen LogP contribution in [0.5, 0.6) is 0 Å². The van der Waals surface area contributed by atoms with Crippen LogP contribution in [0.4, 0.5) is 0 Å². The molecular weight excluding hydrogens is 623 g/mol. The third-order valence-corrected chi connectivity index (χ3v) is 12.1. The summed E-state index contributed by atoms with van der Waals surface area (Å²) in [5.74, 6) is 0. The maximum Gasteiger partial charge on any atom is 0.102 e. The van der Waals surface area contributed by atoms with Crippen LogP contribution in [0.2, 0.25) is 0 Å². The first-order valence-electron chi connectivity index (χ1n) is 24.3. The van der Waals surface area contributed by atoms with Gasteiger partial charge in [-0.2, -0.15) is 0 Å². The highest BCUT2D eigenvalue weighted by Crippen LogP contribution is 2.19. The Balaban J connectivity index is 3.64. The van der Waals surface area contributed by atoms with Gasteiger partial charge in [-0.05, 0) is 25.7 Å². The highest BCUT2D eigenvalue weighted by Gasteiger charge is 2.25. The van der Waals surface area contributed by atoms with Gasteiger partial charge in [-0.3, -0.25) is 0 Å². The lowest BCUT2D eigenvalue weighted by Crippen LogP contribution is -2.52. The van der Waals surface area contributed by atoms with Gasteiger partial charge in [0, 0.05) is 0 Å². The first-order valence-corrected chi connectivity index (χ1v) is 24.3. The molecule has 0 aromatic rings. The minimum absolute atomic E-state index is 0.248. The lowest BCUT2D eigenvalue weighted by Gasteiger charge is -2.38. The molecular formula is C48H100NO2+. The van der Waals surface area contributed by atoms with Crippen molar-refractivity contribution in [3.05, 3.63) is 0 Å². The molecule has 0 atom stereocenters. The van der Waals surface area contributed by atoms with Crippen LogP contribution in [0.3, 0.4) is 0 Å². The van der Waals surface area contributed by atoms with Crippen molar-refractivity contribution in [1.82, 2.24) is 0 Å². The zero-order chi connectivity index (χ0) is 37.0. The molecule has 0 aliphatic rings. The van der Waals surface area contributed by atoms with E-state index < -0.39 is 0 Å². The Bertz CT molecular complexity index is 558. The molecule has 0 radical (unpaired) electrons. The van der Waals surface area contributed by atoms with Crippen LogP contribution in [-0.4, -0.2) is 54.1 Å². The molecule has 0 saturated carbocycles. The lowest BCUT2D eigenvalue weighted by molar-refractivity contribution is -0.929. The minimum Gasteiger partial charge on any atom is -0.391 e. The topological polar surface area (TPSA) is 40.5 Å². The van der Waals surface area contributed by atoms with E-state index in [4.69, 9.17) is 0 Å². The third kappa shape index (κ3) is 39.4. The summed E-state index contributed by atoms with van der Waals surface area (Å²) in [6, 6.07) is 0. The van der Waals surface area contributed by atoms with E-state index in [0.29, 0.717) is 0 Å². The van der Waals surface area contributed by atoms with Gasteiger partial charge in [-0.1, -0.05) is 245 Å². The zero-order valence-electron chi connectivity index (χ0n) is 35.9. The van der Waals surface area contributed by atoms with Crippen molar-refractivity contribution < 1.29 is 14.7 Å². The van der Waals surface area contributed by atoms with Gasteiger partial charge >= 0.3 is 0 Å². The molecule has 0 aromatic heterocycles. The summed E-state index contributed by atoms with van der Waals surface area (Å²) in [5, 5.41) is 19.7. The van der Waals surface area contributed by atoms with Crippen molar-refractivity contribution in [2.24, 2.45) is 0 Å². The normalized spacial score (nSPS) is 12.0. The van der Waals surface area contributed by atoms with Crippen LogP contribution >= 0.6 is 0 Å². The first-order chi connectivity index (χ1) is 25.2. The quantitative estimate of drug-likeness (QED) is 0.0485. The Morgan fingerprint density at radius 1 is 0.216 bits per heavy atom. The van der Waals surface area contributed by atoms with Gasteiger partial charge in [0.25, 0.3) is 0 Å². The maximum atomic E-state index is 9.86. The highest BCUT2D eigenvalue weighted by molar-refractivity contribution is 4.55. The van der Waals surface area contributed by atoms with Crippen LogP contribution in [0, 0.1) is 0 Å². The summed E-state index contributed by atoms with van der Waals surface area (Å²) in [6.07, 6.45) is 56.8. The Hall–Kier alpha value is -0.120. The van der Waals surface area contributed by atoms with Gasteiger partial charge in [0.2, 0.25) is 0 Å². The van der Waals surface area contributed by atoms with E-state index in [0.717, 1.165) is 30.7 Å². The van der Waals surface area contributed by atoms with Crippen molar-refractivity contribution in [3.8, 4) is 0 Å². The van der Waals surface area contributed by atoms with Crippen LogP contribution in [0.1, 0.15) is 271 Å². The fourth-order valence-corrected chi connectivity index (χ4v) is 8.50. The predicted molar refractivity (Wildman–Crippen MR) is 230 cm³/mol. The third-order valence-electron chi connectivity index (χ3n) is 12.1. The molecule has 0 spiro atoms. The fourth-order valence-electron chi connectivity index (χ4n) is 8.50. The number of nitrogens with zero attached hydrogens (tertiary/aromatic N) is 1. The molecule has 3 nitrogen and oxygen atoms in total. The van der Waals surface area contributed by atoms with Crippen LogP contribution in [0.25, 0.3) is 0 Å². The monoisotopic (exact) mass is 723 g/mol.